The summed E-state index contributed by atoms with van der Waals surface area (Å²) < 4.78 is 34.0. The summed E-state index contributed by atoms with van der Waals surface area (Å²) in [5, 5.41) is 10.7. The summed E-state index contributed by atoms with van der Waals surface area (Å²) >= 11 is 0. The molecule has 4 rings (SSSR count). The van der Waals surface area contributed by atoms with E-state index in [0.717, 1.165) is 25.2 Å². The summed E-state index contributed by atoms with van der Waals surface area (Å²) in [6.45, 7) is 4.20. The van der Waals surface area contributed by atoms with Crippen molar-refractivity contribution in [1.29, 1.82) is 0 Å². The molecule has 0 aliphatic carbocycles. The number of carbonyl (C=O) groups excluding carboxylic acids is 4. The molecule has 1 saturated heterocycles. The average molecular weight is 639 g/mol. The maximum absolute atomic E-state index is 14.0. The maximum Gasteiger partial charge on any atom is 0.272 e. The number of nitrogens with zero attached hydrogens (tertiary/aromatic N) is 3. The molecular weight excluding hydrogens is 602 g/mol. The number of allylic oxidation sites excluding steroid dienone is 1. The van der Waals surface area contributed by atoms with E-state index in [1.54, 1.807) is 32.2 Å². The number of H-pyrrole nitrogens is 1. The summed E-state index contributed by atoms with van der Waals surface area (Å²) in [7, 11) is 5.05. The largest absolute Gasteiger partial charge is 0.382 e. The summed E-state index contributed by atoms with van der Waals surface area (Å²) in [5.74, 6) is -3.99. The van der Waals surface area contributed by atoms with Gasteiger partial charge in [0.2, 0.25) is 5.91 Å². The summed E-state index contributed by atoms with van der Waals surface area (Å²) in [5.41, 5.74) is 0.970. The summed E-state index contributed by atoms with van der Waals surface area (Å²) in [4.78, 5) is 57.4. The van der Waals surface area contributed by atoms with Crippen molar-refractivity contribution in [3.63, 3.8) is 0 Å². The fourth-order valence-corrected chi connectivity index (χ4v) is 4.52. The first-order chi connectivity index (χ1) is 22.0. The number of aryl methyl sites for hydroxylation is 1. The molecular formula is C31H36F2N8O5. The number of nitrogens with one attached hydrogen (secondary N) is 5. The van der Waals surface area contributed by atoms with Gasteiger partial charge in [0.1, 0.15) is 23.0 Å². The molecule has 1 aliphatic rings. The van der Waals surface area contributed by atoms with Crippen molar-refractivity contribution in [3.05, 3.63) is 95.4 Å². The molecule has 1 aromatic carbocycles. The van der Waals surface area contributed by atoms with Crippen LogP contribution in [0, 0.1) is 11.6 Å². The smallest absolute Gasteiger partial charge is 0.272 e. The van der Waals surface area contributed by atoms with E-state index in [1.165, 1.54) is 41.2 Å². The third-order valence-electron chi connectivity index (χ3n) is 6.75. The number of amides is 4. The number of benzene rings is 1. The van der Waals surface area contributed by atoms with E-state index in [2.05, 4.69) is 31.2 Å². The van der Waals surface area contributed by atoms with Gasteiger partial charge in [-0.1, -0.05) is 0 Å². The fourth-order valence-electron chi connectivity index (χ4n) is 4.52. The van der Waals surface area contributed by atoms with E-state index in [4.69, 9.17) is 4.74 Å². The van der Waals surface area contributed by atoms with Gasteiger partial charge in [0, 0.05) is 78.1 Å². The van der Waals surface area contributed by atoms with Gasteiger partial charge < -0.3 is 40.5 Å². The van der Waals surface area contributed by atoms with E-state index in [9.17, 15) is 28.0 Å². The zero-order valence-corrected chi connectivity index (χ0v) is 25.7. The normalized spacial score (nSPS) is 13.8. The van der Waals surface area contributed by atoms with Crippen LogP contribution in [0.15, 0.2) is 66.8 Å². The number of morpholine rings is 1. The lowest BCUT2D eigenvalue weighted by Gasteiger charge is -2.26. The third kappa shape index (κ3) is 9.61. The molecule has 13 nitrogen and oxygen atoms in total. The van der Waals surface area contributed by atoms with Crippen molar-refractivity contribution >= 4 is 35.0 Å². The van der Waals surface area contributed by atoms with Gasteiger partial charge in [0.25, 0.3) is 17.7 Å². The number of hydrogen-bond acceptors (Lipinski definition) is 7. The molecule has 1 fully saturated rings. The molecule has 0 radical (unpaired) electrons. The van der Waals surface area contributed by atoms with Gasteiger partial charge in [0.05, 0.1) is 35.8 Å². The Bertz CT molecular complexity index is 1640. The van der Waals surface area contributed by atoms with Crippen molar-refractivity contribution in [3.8, 4) is 0 Å². The second kappa shape index (κ2) is 15.6. The van der Waals surface area contributed by atoms with Gasteiger partial charge in [0.15, 0.2) is 0 Å². The van der Waals surface area contributed by atoms with Crippen molar-refractivity contribution < 1.29 is 32.7 Å². The number of rotatable bonds is 12. The Kier molecular flexibility index (Phi) is 11.4. The highest BCUT2D eigenvalue weighted by molar-refractivity contribution is 6.05. The van der Waals surface area contributed by atoms with Crippen LogP contribution in [0.5, 0.6) is 0 Å². The number of aromatic amines is 1. The Hall–Kier alpha value is -5.28. The predicted molar refractivity (Wildman–Crippen MR) is 167 cm³/mol. The average Bonchev–Trinajstić information content (AvgIpc) is 3.62. The number of hydrogen-bond donors (Lipinski definition) is 5. The van der Waals surface area contributed by atoms with Gasteiger partial charge in [-0.15, -0.1) is 0 Å². The highest BCUT2D eigenvalue weighted by Gasteiger charge is 2.18. The Balaban J connectivity index is 1.32. The zero-order valence-electron chi connectivity index (χ0n) is 25.7. The molecule has 0 atom stereocenters. The molecule has 46 heavy (non-hydrogen) atoms. The van der Waals surface area contributed by atoms with Crippen molar-refractivity contribution in [2.24, 2.45) is 7.05 Å². The van der Waals surface area contributed by atoms with E-state index in [-0.39, 0.29) is 28.5 Å². The topological polar surface area (TPSA) is 153 Å². The molecule has 3 aromatic rings. The van der Waals surface area contributed by atoms with Crippen molar-refractivity contribution in [1.82, 2.24) is 30.0 Å². The number of anilines is 2. The maximum atomic E-state index is 14.0. The van der Waals surface area contributed by atoms with Crippen LogP contribution in [-0.2, 0) is 16.6 Å². The number of carbonyl (C=O) groups is 4. The standard InChI is InChI=1S/C31H36F2N8O5/c1-39(2)18-21(37-31(45)27-16-23(19-40(27)3)38-29(43)24-6-4-20(32)14-25(24)33)5-7-28(42)36-22-15-26(35-17-22)30(44)34-8-9-41-10-12-46-13-11-41/h4-7,14-19,35H,8-13H2,1-3H3,(H,34,44)(H,36,42)(H,37,45)(H,38,43)/b7-5+,21-18+. The van der Waals surface area contributed by atoms with Crippen LogP contribution in [0.1, 0.15) is 31.3 Å². The second-order valence-corrected chi connectivity index (χ2v) is 10.6. The second-order valence-electron chi connectivity index (χ2n) is 10.6. The van der Waals surface area contributed by atoms with E-state index in [0.29, 0.717) is 43.8 Å². The van der Waals surface area contributed by atoms with E-state index in [1.807, 2.05) is 0 Å². The molecule has 5 N–H and O–H groups in total. The van der Waals surface area contributed by atoms with Gasteiger partial charge in [-0.25, -0.2) is 8.78 Å². The highest BCUT2D eigenvalue weighted by atomic mass is 19.1. The Morgan fingerprint density at radius 3 is 2.46 bits per heavy atom. The Morgan fingerprint density at radius 2 is 1.74 bits per heavy atom. The van der Waals surface area contributed by atoms with Crippen molar-refractivity contribution in [2.45, 2.75) is 0 Å². The van der Waals surface area contributed by atoms with Gasteiger partial charge in [-0.3, -0.25) is 24.1 Å². The molecule has 3 heterocycles. The molecule has 4 amide bonds. The molecule has 2 aromatic heterocycles. The van der Waals surface area contributed by atoms with Crippen LogP contribution < -0.4 is 21.3 Å². The lowest BCUT2D eigenvalue weighted by molar-refractivity contribution is -0.111. The highest BCUT2D eigenvalue weighted by Crippen LogP contribution is 2.17. The van der Waals surface area contributed by atoms with Gasteiger partial charge in [-0.05, 0) is 30.3 Å². The quantitative estimate of drug-likeness (QED) is 0.151. The van der Waals surface area contributed by atoms with E-state index < -0.39 is 29.4 Å². The molecule has 15 heteroatoms. The Labute approximate surface area is 264 Å². The van der Waals surface area contributed by atoms with Gasteiger partial charge in [-0.2, -0.15) is 0 Å². The third-order valence-corrected chi connectivity index (χ3v) is 6.75. The minimum atomic E-state index is -1.02. The van der Waals surface area contributed by atoms with Crippen LogP contribution in [0.25, 0.3) is 0 Å². The van der Waals surface area contributed by atoms with Crippen LogP contribution in [-0.4, -0.2) is 96.5 Å². The first kappa shape index (κ1) is 33.6. The Morgan fingerprint density at radius 1 is 0.978 bits per heavy atom. The molecule has 0 bridgehead atoms. The number of ether oxygens (including phenoxy) is 1. The molecule has 1 aliphatic heterocycles. The van der Waals surface area contributed by atoms with Crippen LogP contribution in [0.2, 0.25) is 0 Å². The monoisotopic (exact) mass is 638 g/mol. The molecule has 244 valence electrons. The summed E-state index contributed by atoms with van der Waals surface area (Å²) in [6, 6.07) is 5.51. The SMILES string of the molecule is CN(C)/C=C(\C=C\C(=O)Nc1c[nH]c(C(=O)NCCN2CCOCC2)c1)NC(=O)c1cc(NC(=O)c2ccc(F)cc2F)cn1C. The fraction of sp³-hybridized carbons (Fsp3) is 0.290. The zero-order chi connectivity index (χ0) is 33.2. The number of halogens is 2. The first-order valence-corrected chi connectivity index (χ1v) is 14.4. The molecule has 0 saturated carbocycles. The van der Waals surface area contributed by atoms with Crippen LogP contribution >= 0.6 is 0 Å². The predicted octanol–water partition coefficient (Wildman–Crippen LogP) is 2.27. The lowest BCUT2D eigenvalue weighted by Crippen LogP contribution is -2.41. The minimum absolute atomic E-state index is 0.153. The van der Waals surface area contributed by atoms with E-state index >= 15 is 0 Å². The lowest BCUT2D eigenvalue weighted by atomic mass is 10.2. The molecule has 0 spiro atoms. The minimum Gasteiger partial charge on any atom is -0.382 e. The number of aromatic nitrogens is 2. The van der Waals surface area contributed by atoms with Crippen LogP contribution in [0.4, 0.5) is 20.2 Å². The first-order valence-electron chi connectivity index (χ1n) is 14.4. The summed E-state index contributed by atoms with van der Waals surface area (Å²) in [6.07, 6.45) is 7.17. The van der Waals surface area contributed by atoms with Crippen molar-refractivity contribution in [2.75, 3.05) is 64.1 Å². The molecule has 0 unspecified atom stereocenters. The van der Waals surface area contributed by atoms with Gasteiger partial charge >= 0.3 is 0 Å². The van der Waals surface area contributed by atoms with Crippen LogP contribution in [0.3, 0.4) is 0 Å².